The van der Waals surface area contributed by atoms with E-state index in [0.29, 0.717) is 36.5 Å². The van der Waals surface area contributed by atoms with Crippen molar-refractivity contribution in [1.82, 2.24) is 19.9 Å². The molecule has 3 aromatic rings. The molecule has 0 bridgehead atoms. The Bertz CT molecular complexity index is 1270. The molecule has 1 fully saturated rings. The molecule has 0 spiro atoms. The van der Waals surface area contributed by atoms with Gasteiger partial charge >= 0.3 is 18.0 Å². The largest absolute Gasteiger partial charge is 0.450 e. The van der Waals surface area contributed by atoms with Crippen LogP contribution in [0.3, 0.4) is 0 Å². The zero-order valence-electron chi connectivity index (χ0n) is 19.3. The molecule has 190 valence electrons. The summed E-state index contributed by atoms with van der Waals surface area (Å²) >= 11 is 6.01. The monoisotopic (exact) mass is 521 g/mol. The molecule has 0 saturated carbocycles. The maximum Gasteiger partial charge on any atom is 0.416 e. The summed E-state index contributed by atoms with van der Waals surface area (Å²) in [5, 5.41) is 3.28. The molecular weight excluding hydrogens is 499 g/mol. The summed E-state index contributed by atoms with van der Waals surface area (Å²) in [6, 6.07) is 10.8. The molecule has 1 aliphatic rings. The number of aromatic nitrogens is 3. The number of benzene rings is 2. The number of rotatable bonds is 5. The van der Waals surface area contributed by atoms with Crippen molar-refractivity contribution < 1.29 is 22.7 Å². The number of carbonyl (C=O) groups is 1. The van der Waals surface area contributed by atoms with Crippen LogP contribution in [0, 0.1) is 0 Å². The van der Waals surface area contributed by atoms with Gasteiger partial charge in [0.05, 0.1) is 17.9 Å². The molecule has 1 aromatic heterocycles. The third-order valence-electron chi connectivity index (χ3n) is 5.74. The van der Waals surface area contributed by atoms with Crippen molar-refractivity contribution in [3.05, 3.63) is 69.6 Å². The van der Waals surface area contributed by atoms with Crippen molar-refractivity contribution >= 4 is 23.6 Å². The lowest BCUT2D eigenvalue weighted by Crippen LogP contribution is -2.46. The molecule has 0 unspecified atom stereocenters. The molecular formula is C24H23ClF3N5O3. The van der Waals surface area contributed by atoms with Crippen molar-refractivity contribution in [2.24, 2.45) is 0 Å². The van der Waals surface area contributed by atoms with Crippen LogP contribution in [0.25, 0.3) is 17.1 Å². The second kappa shape index (κ2) is 10.6. The van der Waals surface area contributed by atoms with E-state index in [2.05, 4.69) is 15.3 Å². The quantitative estimate of drug-likeness (QED) is 0.524. The summed E-state index contributed by atoms with van der Waals surface area (Å²) in [6.07, 6.45) is -3.78. The molecule has 0 aliphatic carbocycles. The van der Waals surface area contributed by atoms with E-state index in [1.54, 1.807) is 31.2 Å². The summed E-state index contributed by atoms with van der Waals surface area (Å²) < 4.78 is 45.2. The number of nitrogens with zero attached hydrogens (tertiary/aromatic N) is 4. The second-order valence-electron chi connectivity index (χ2n) is 8.14. The lowest BCUT2D eigenvalue weighted by atomic mass is 10.1. The first-order chi connectivity index (χ1) is 17.2. The molecule has 4 rings (SSSR count). The normalized spacial score (nSPS) is 14.5. The highest BCUT2D eigenvalue weighted by Gasteiger charge is 2.30. The van der Waals surface area contributed by atoms with Crippen LogP contribution >= 0.6 is 11.6 Å². The fourth-order valence-corrected chi connectivity index (χ4v) is 4.05. The molecule has 1 amide bonds. The van der Waals surface area contributed by atoms with Crippen LogP contribution in [-0.2, 0) is 10.9 Å². The van der Waals surface area contributed by atoms with Crippen LogP contribution < -0.4 is 15.9 Å². The molecule has 2 aromatic carbocycles. The van der Waals surface area contributed by atoms with Crippen LogP contribution in [0.5, 0.6) is 0 Å². The zero-order chi connectivity index (χ0) is 25.9. The number of ether oxygens (including phenoxy) is 1. The number of halogens is 4. The third kappa shape index (κ3) is 5.78. The number of alkyl carbamates (subject to hydrolysis) is 1. The number of nitrogens with one attached hydrogen (secondary N) is 1. The van der Waals surface area contributed by atoms with E-state index in [0.717, 1.165) is 12.1 Å². The molecule has 12 heteroatoms. The van der Waals surface area contributed by atoms with Crippen LogP contribution in [0.1, 0.15) is 25.3 Å². The minimum atomic E-state index is -4.50. The summed E-state index contributed by atoms with van der Waals surface area (Å²) in [7, 11) is 0. The van der Waals surface area contributed by atoms with Gasteiger partial charge in [0.1, 0.15) is 0 Å². The molecule has 0 atom stereocenters. The first-order valence-corrected chi connectivity index (χ1v) is 11.7. The third-order valence-corrected chi connectivity index (χ3v) is 5.99. The molecule has 1 N–H and O–H groups in total. The van der Waals surface area contributed by atoms with E-state index in [1.165, 1.54) is 16.7 Å². The predicted octanol–water partition coefficient (Wildman–Crippen LogP) is 4.68. The Hall–Kier alpha value is -3.60. The molecule has 1 aliphatic heterocycles. The highest BCUT2D eigenvalue weighted by molar-refractivity contribution is 6.30. The highest BCUT2D eigenvalue weighted by Crippen LogP contribution is 2.30. The van der Waals surface area contributed by atoms with Gasteiger partial charge in [0.15, 0.2) is 5.82 Å². The maximum atomic E-state index is 13.2. The van der Waals surface area contributed by atoms with Gasteiger partial charge in [-0.15, -0.1) is 0 Å². The van der Waals surface area contributed by atoms with Crippen molar-refractivity contribution in [2.45, 2.75) is 32.0 Å². The first kappa shape index (κ1) is 25.5. The topological polar surface area (TPSA) is 89.4 Å². The summed E-state index contributed by atoms with van der Waals surface area (Å²) in [5.74, 6) is 0.413. The minimum Gasteiger partial charge on any atom is -0.450 e. The molecule has 2 heterocycles. The number of carbonyl (C=O) groups excluding carboxylic acids is 1. The number of hydrogen-bond donors (Lipinski definition) is 1. The number of piperidine rings is 1. The van der Waals surface area contributed by atoms with Gasteiger partial charge in [-0.2, -0.15) is 23.1 Å². The van der Waals surface area contributed by atoms with E-state index in [1.807, 2.05) is 4.90 Å². The number of hydrogen-bond acceptors (Lipinski definition) is 6. The van der Waals surface area contributed by atoms with Crippen molar-refractivity contribution in [2.75, 3.05) is 24.6 Å². The van der Waals surface area contributed by atoms with Crippen LogP contribution in [-0.4, -0.2) is 46.4 Å². The van der Waals surface area contributed by atoms with Crippen LogP contribution in [0.15, 0.2) is 53.3 Å². The lowest BCUT2D eigenvalue weighted by Gasteiger charge is -2.32. The standard InChI is InChI=1S/C24H23ClF3N5O3/c1-2-36-23(35)29-18-11-13-32(14-12-18)21-30-20(15-3-7-17(25)8-4-15)33(22(34)31-21)19-9-5-16(6-10-19)24(26,27)28/h3-10,18H,2,11-14H2,1H3,(H,29,35). The minimum absolute atomic E-state index is 0.0800. The zero-order valence-corrected chi connectivity index (χ0v) is 20.0. The fourth-order valence-electron chi connectivity index (χ4n) is 3.93. The van der Waals surface area contributed by atoms with Crippen molar-refractivity contribution in [3.8, 4) is 17.1 Å². The summed E-state index contributed by atoms with van der Waals surface area (Å²) in [6.45, 7) is 2.98. The van der Waals surface area contributed by atoms with E-state index < -0.39 is 23.5 Å². The summed E-state index contributed by atoms with van der Waals surface area (Å²) in [4.78, 5) is 35.4. The van der Waals surface area contributed by atoms with Crippen molar-refractivity contribution in [3.63, 3.8) is 0 Å². The fraction of sp³-hybridized carbons (Fsp3) is 0.333. The lowest BCUT2D eigenvalue weighted by molar-refractivity contribution is -0.137. The van der Waals surface area contributed by atoms with Gasteiger partial charge in [-0.1, -0.05) is 11.6 Å². The SMILES string of the molecule is CCOC(=O)NC1CCN(c2nc(-c3ccc(Cl)cc3)n(-c3ccc(C(F)(F)F)cc3)c(=O)n2)CC1. The molecule has 1 saturated heterocycles. The summed E-state index contributed by atoms with van der Waals surface area (Å²) in [5.41, 5.74) is -0.776. The Morgan fingerprint density at radius 1 is 1.08 bits per heavy atom. The van der Waals surface area contributed by atoms with E-state index in [9.17, 15) is 22.8 Å². The smallest absolute Gasteiger partial charge is 0.416 e. The maximum absolute atomic E-state index is 13.2. The van der Waals surface area contributed by atoms with Gasteiger partial charge in [-0.3, -0.25) is 0 Å². The van der Waals surface area contributed by atoms with Gasteiger partial charge in [0, 0.05) is 29.7 Å². The molecule has 8 nitrogen and oxygen atoms in total. The van der Waals surface area contributed by atoms with Crippen LogP contribution in [0.2, 0.25) is 5.02 Å². The molecule has 0 radical (unpaired) electrons. The van der Waals surface area contributed by atoms with Gasteiger partial charge in [-0.25, -0.2) is 14.2 Å². The second-order valence-corrected chi connectivity index (χ2v) is 8.58. The van der Waals surface area contributed by atoms with E-state index in [-0.39, 0.29) is 30.1 Å². The van der Waals surface area contributed by atoms with E-state index in [4.69, 9.17) is 16.3 Å². The van der Waals surface area contributed by atoms with Gasteiger partial charge in [0.25, 0.3) is 0 Å². The predicted molar refractivity (Wildman–Crippen MR) is 128 cm³/mol. The number of alkyl halides is 3. The van der Waals surface area contributed by atoms with E-state index >= 15 is 0 Å². The average molecular weight is 522 g/mol. The Morgan fingerprint density at radius 3 is 2.31 bits per heavy atom. The van der Waals surface area contributed by atoms with Crippen molar-refractivity contribution in [1.29, 1.82) is 0 Å². The average Bonchev–Trinajstić information content (AvgIpc) is 2.84. The number of anilines is 1. The highest BCUT2D eigenvalue weighted by atomic mass is 35.5. The Morgan fingerprint density at radius 2 is 1.72 bits per heavy atom. The van der Waals surface area contributed by atoms with Crippen LogP contribution in [0.4, 0.5) is 23.9 Å². The Kier molecular flexibility index (Phi) is 7.48. The number of amides is 1. The van der Waals surface area contributed by atoms with Gasteiger partial charge in [-0.05, 0) is 68.3 Å². The Labute approximate surface area is 209 Å². The first-order valence-electron chi connectivity index (χ1n) is 11.3. The molecule has 36 heavy (non-hydrogen) atoms. The van der Waals surface area contributed by atoms with Gasteiger partial charge < -0.3 is 15.0 Å². The van der Waals surface area contributed by atoms with Gasteiger partial charge in [0.2, 0.25) is 5.95 Å². The Balaban J connectivity index is 1.67.